The summed E-state index contributed by atoms with van der Waals surface area (Å²) in [7, 11) is 0. The highest BCUT2D eigenvalue weighted by atomic mass is 35.5. The van der Waals surface area contributed by atoms with Crippen LogP contribution in [0.5, 0.6) is 5.75 Å². The molecule has 1 fully saturated rings. The van der Waals surface area contributed by atoms with Gasteiger partial charge in [0.15, 0.2) is 0 Å². The molecule has 4 rings (SSSR count). The number of alkyl halides is 2. The molecule has 1 saturated carbocycles. The van der Waals surface area contributed by atoms with Crippen LogP contribution in [0.15, 0.2) is 42.7 Å². The molecule has 1 atom stereocenters. The van der Waals surface area contributed by atoms with Gasteiger partial charge in [-0.3, -0.25) is 4.90 Å². The number of hydrogen-bond donors (Lipinski definition) is 2. The number of halogens is 4. The Balaban J connectivity index is 1.52. The molecule has 200 valence electrons. The first-order valence-electron chi connectivity index (χ1n) is 12.2. The Labute approximate surface area is 224 Å². The maximum atomic E-state index is 12.5. The summed E-state index contributed by atoms with van der Waals surface area (Å²) in [6.45, 7) is 0.0620. The Morgan fingerprint density at radius 2 is 1.92 bits per heavy atom. The lowest BCUT2D eigenvalue weighted by atomic mass is 9.86. The van der Waals surface area contributed by atoms with Gasteiger partial charge in [-0.1, -0.05) is 48.9 Å². The fourth-order valence-corrected chi connectivity index (χ4v) is 5.51. The van der Waals surface area contributed by atoms with Crippen LogP contribution in [0.4, 0.5) is 19.3 Å². The number of rotatable bonds is 11. The second-order valence-electron chi connectivity index (χ2n) is 9.74. The van der Waals surface area contributed by atoms with Crippen LogP contribution in [-0.2, 0) is 6.54 Å². The molecule has 1 aromatic heterocycles. The molecule has 2 N–H and O–H groups in total. The van der Waals surface area contributed by atoms with E-state index >= 15 is 0 Å². The number of amides is 1. The Hall–Kier alpha value is -2.78. The Morgan fingerprint density at radius 3 is 2.57 bits per heavy atom. The van der Waals surface area contributed by atoms with E-state index in [1.165, 1.54) is 17.0 Å². The standard InChI is InChI=1S/C26H30Cl2F2N4O3/c1-26(14-17-4-2-3-5-17,15-31-18-6-8-19(9-7-18)37-24(29)30)34(25(35)36)11-10-33-16-32-22-12-20(27)21(28)13-23(22)33/h6-9,12-13,16-17,24,31H,2-5,10-11,14-15H2,1H3,(H,35,36)/t26-/m0/s1. The maximum Gasteiger partial charge on any atom is 0.407 e. The summed E-state index contributed by atoms with van der Waals surface area (Å²) in [4.78, 5) is 18.4. The van der Waals surface area contributed by atoms with Crippen LogP contribution in [0, 0.1) is 5.92 Å². The van der Waals surface area contributed by atoms with Crippen LogP contribution in [-0.4, -0.2) is 50.9 Å². The maximum absolute atomic E-state index is 12.5. The molecule has 0 spiro atoms. The van der Waals surface area contributed by atoms with E-state index in [1.807, 2.05) is 11.5 Å². The first kappa shape index (κ1) is 27.3. The van der Waals surface area contributed by atoms with Crippen molar-refractivity contribution in [2.45, 2.75) is 57.7 Å². The van der Waals surface area contributed by atoms with Crippen LogP contribution in [0.1, 0.15) is 39.0 Å². The largest absolute Gasteiger partial charge is 0.465 e. The van der Waals surface area contributed by atoms with E-state index in [0.29, 0.717) is 46.7 Å². The third kappa shape index (κ3) is 6.76. The van der Waals surface area contributed by atoms with Gasteiger partial charge in [0.2, 0.25) is 0 Å². The summed E-state index contributed by atoms with van der Waals surface area (Å²) in [5.41, 5.74) is 1.44. The highest BCUT2D eigenvalue weighted by Crippen LogP contribution is 2.35. The van der Waals surface area contributed by atoms with Crippen molar-refractivity contribution in [1.29, 1.82) is 0 Å². The molecule has 2 aromatic carbocycles. The van der Waals surface area contributed by atoms with Crippen molar-refractivity contribution in [3.8, 4) is 5.75 Å². The molecule has 1 aliphatic carbocycles. The number of carbonyl (C=O) groups is 1. The minimum absolute atomic E-state index is 0.0652. The van der Waals surface area contributed by atoms with Crippen LogP contribution in [0.25, 0.3) is 11.0 Å². The van der Waals surface area contributed by atoms with Crippen molar-refractivity contribution in [2.24, 2.45) is 5.92 Å². The minimum Gasteiger partial charge on any atom is -0.465 e. The van der Waals surface area contributed by atoms with Gasteiger partial charge in [0.25, 0.3) is 0 Å². The topological polar surface area (TPSA) is 79.6 Å². The molecule has 1 amide bonds. The zero-order valence-electron chi connectivity index (χ0n) is 20.5. The summed E-state index contributed by atoms with van der Waals surface area (Å²) < 4.78 is 31.2. The molecule has 0 unspecified atom stereocenters. The SMILES string of the molecule is C[C@@](CNc1ccc(OC(F)F)cc1)(CC1CCCC1)N(CCn1cnc2cc(Cl)c(Cl)cc21)C(=O)O. The fraction of sp³-hybridized carbons (Fsp3) is 0.462. The van der Waals surface area contributed by atoms with Gasteiger partial charge in [-0.2, -0.15) is 8.78 Å². The number of nitrogens with one attached hydrogen (secondary N) is 1. The van der Waals surface area contributed by atoms with E-state index in [9.17, 15) is 18.7 Å². The average Bonchev–Trinajstić information content (AvgIpc) is 3.48. The van der Waals surface area contributed by atoms with E-state index < -0.39 is 18.2 Å². The molecule has 1 heterocycles. The summed E-state index contributed by atoms with van der Waals surface area (Å²) >= 11 is 12.3. The number of carboxylic acid groups (broad SMARTS) is 1. The molecule has 7 nitrogen and oxygen atoms in total. The van der Waals surface area contributed by atoms with Crippen molar-refractivity contribution in [1.82, 2.24) is 14.5 Å². The number of nitrogens with zero attached hydrogens (tertiary/aromatic N) is 3. The minimum atomic E-state index is -2.89. The predicted octanol–water partition coefficient (Wildman–Crippen LogP) is 7.38. The monoisotopic (exact) mass is 554 g/mol. The van der Waals surface area contributed by atoms with Gasteiger partial charge in [0.1, 0.15) is 5.75 Å². The molecule has 0 aliphatic heterocycles. The van der Waals surface area contributed by atoms with E-state index in [4.69, 9.17) is 23.2 Å². The quantitative estimate of drug-likeness (QED) is 0.258. The Bertz CT molecular complexity index is 1220. The first-order chi connectivity index (χ1) is 17.6. The van der Waals surface area contributed by atoms with Crippen LogP contribution in [0.3, 0.4) is 0 Å². The molecule has 0 bridgehead atoms. The van der Waals surface area contributed by atoms with Crippen LogP contribution < -0.4 is 10.1 Å². The summed E-state index contributed by atoms with van der Waals surface area (Å²) in [6, 6.07) is 9.63. The van der Waals surface area contributed by atoms with E-state index in [0.717, 1.165) is 31.2 Å². The second-order valence-corrected chi connectivity index (χ2v) is 10.5. The summed E-state index contributed by atoms with van der Waals surface area (Å²) in [5.74, 6) is 0.501. The van der Waals surface area contributed by atoms with Gasteiger partial charge in [0.05, 0.1) is 32.9 Å². The number of anilines is 1. The highest BCUT2D eigenvalue weighted by Gasteiger charge is 2.38. The molecular formula is C26H30Cl2F2N4O3. The number of hydrogen-bond acceptors (Lipinski definition) is 4. The van der Waals surface area contributed by atoms with Crippen molar-refractivity contribution >= 4 is 46.0 Å². The van der Waals surface area contributed by atoms with Gasteiger partial charge in [-0.25, -0.2) is 9.78 Å². The lowest BCUT2D eigenvalue weighted by Gasteiger charge is -2.42. The Morgan fingerprint density at radius 1 is 1.24 bits per heavy atom. The number of benzene rings is 2. The average molecular weight is 555 g/mol. The third-order valence-corrected chi connectivity index (χ3v) is 7.79. The van der Waals surface area contributed by atoms with E-state index in [1.54, 1.807) is 30.6 Å². The van der Waals surface area contributed by atoms with Crippen molar-refractivity contribution in [2.75, 3.05) is 18.4 Å². The number of fused-ring (bicyclic) bond motifs is 1. The fourth-order valence-electron chi connectivity index (χ4n) is 5.20. The van der Waals surface area contributed by atoms with E-state index in [2.05, 4.69) is 15.0 Å². The normalized spacial score (nSPS) is 15.7. The summed E-state index contributed by atoms with van der Waals surface area (Å²) in [6.07, 6.45) is 5.82. The van der Waals surface area contributed by atoms with Gasteiger partial charge in [-0.05, 0) is 55.7 Å². The van der Waals surface area contributed by atoms with Gasteiger partial charge in [-0.15, -0.1) is 0 Å². The number of imidazole rings is 1. The molecule has 0 saturated heterocycles. The lowest BCUT2D eigenvalue weighted by Crippen LogP contribution is -2.55. The molecule has 3 aromatic rings. The molecular weight excluding hydrogens is 525 g/mol. The second kappa shape index (κ2) is 11.7. The molecule has 11 heteroatoms. The smallest absolute Gasteiger partial charge is 0.407 e. The van der Waals surface area contributed by atoms with Gasteiger partial charge in [0, 0.05) is 25.3 Å². The zero-order valence-corrected chi connectivity index (χ0v) is 22.0. The zero-order chi connectivity index (χ0) is 26.6. The van der Waals surface area contributed by atoms with Crippen molar-refractivity contribution < 1.29 is 23.4 Å². The molecule has 1 aliphatic rings. The van der Waals surface area contributed by atoms with Gasteiger partial charge < -0.3 is 19.7 Å². The molecule has 0 radical (unpaired) electrons. The van der Waals surface area contributed by atoms with Crippen molar-refractivity contribution in [3.05, 3.63) is 52.8 Å². The number of aromatic nitrogens is 2. The lowest BCUT2D eigenvalue weighted by molar-refractivity contribution is -0.0498. The Kier molecular flexibility index (Phi) is 8.64. The van der Waals surface area contributed by atoms with E-state index in [-0.39, 0.29) is 12.3 Å². The van der Waals surface area contributed by atoms with Crippen LogP contribution >= 0.6 is 23.2 Å². The number of ether oxygens (including phenoxy) is 1. The first-order valence-corrected chi connectivity index (χ1v) is 13.0. The van der Waals surface area contributed by atoms with Crippen molar-refractivity contribution in [3.63, 3.8) is 0 Å². The van der Waals surface area contributed by atoms with Gasteiger partial charge >= 0.3 is 12.7 Å². The van der Waals surface area contributed by atoms with Crippen LogP contribution in [0.2, 0.25) is 10.0 Å². The summed E-state index contributed by atoms with van der Waals surface area (Å²) in [5, 5.41) is 14.4. The molecule has 37 heavy (non-hydrogen) atoms. The highest BCUT2D eigenvalue weighted by molar-refractivity contribution is 6.42. The predicted molar refractivity (Wildman–Crippen MR) is 141 cm³/mol. The third-order valence-electron chi connectivity index (χ3n) is 7.07.